The molecule has 1 atom stereocenters. The average Bonchev–Trinajstić information content (AvgIpc) is 2.79. The Hall–Kier alpha value is -2.87. The summed E-state index contributed by atoms with van der Waals surface area (Å²) in [6, 6.07) is 11.7. The lowest BCUT2D eigenvalue weighted by atomic mass is 9.88. The number of nitrogens with one attached hydrogen (secondary N) is 2. The summed E-state index contributed by atoms with van der Waals surface area (Å²) < 4.78 is 5.77. The monoisotopic (exact) mass is 483 g/mol. The molecule has 0 bridgehead atoms. The number of amides is 1. The summed E-state index contributed by atoms with van der Waals surface area (Å²) in [7, 11) is 0. The number of carbonyl (C=O) groups is 1. The van der Waals surface area contributed by atoms with E-state index < -0.39 is 0 Å². The van der Waals surface area contributed by atoms with Gasteiger partial charge in [0.2, 0.25) is 11.8 Å². The number of anilines is 3. The van der Waals surface area contributed by atoms with Gasteiger partial charge in [0.1, 0.15) is 5.56 Å². The lowest BCUT2D eigenvalue weighted by Crippen LogP contribution is -2.39. The third kappa shape index (κ3) is 4.12. The molecule has 0 spiro atoms. The smallest absolute Gasteiger partial charge is 0.268 e. The summed E-state index contributed by atoms with van der Waals surface area (Å²) in [5, 5.41) is 7.56. The number of rotatable bonds is 4. The second-order valence-electron chi connectivity index (χ2n) is 8.45. The van der Waals surface area contributed by atoms with Crippen LogP contribution in [-0.2, 0) is 6.42 Å². The Balaban J connectivity index is 1.38. The average molecular weight is 484 g/mol. The van der Waals surface area contributed by atoms with Crippen molar-refractivity contribution in [3.05, 3.63) is 69.3 Å². The molecular formula is C24H23Cl2N5O2. The molecule has 9 heteroatoms. The van der Waals surface area contributed by atoms with E-state index in [4.69, 9.17) is 27.9 Å². The number of carbonyl (C=O) groups excluding carboxylic acids is 1. The number of nitrogens with zero attached hydrogens (tertiary/aromatic N) is 3. The molecule has 0 saturated carbocycles. The predicted octanol–water partition coefficient (Wildman–Crippen LogP) is 5.37. The Kier molecular flexibility index (Phi) is 5.86. The fourth-order valence-electron chi connectivity index (χ4n) is 4.33. The maximum atomic E-state index is 13.1. The van der Waals surface area contributed by atoms with Crippen LogP contribution in [0.4, 0.5) is 17.3 Å². The number of hydrogen-bond donors (Lipinski definition) is 2. The number of hydrogen-bond acceptors (Lipinski definition) is 6. The van der Waals surface area contributed by atoms with Gasteiger partial charge in [-0.2, -0.15) is 4.98 Å². The first kappa shape index (κ1) is 21.9. The van der Waals surface area contributed by atoms with E-state index in [-0.39, 0.29) is 24.1 Å². The van der Waals surface area contributed by atoms with E-state index in [0.717, 1.165) is 18.7 Å². The van der Waals surface area contributed by atoms with Crippen LogP contribution in [0.5, 0.6) is 5.88 Å². The molecule has 3 heterocycles. The Morgan fingerprint density at radius 1 is 1.21 bits per heavy atom. The molecule has 1 aromatic heterocycles. The molecular weight excluding hydrogens is 461 g/mol. The second-order valence-corrected chi connectivity index (χ2v) is 9.27. The normalized spacial score (nSPS) is 17.4. The first-order valence-corrected chi connectivity index (χ1v) is 11.6. The standard InChI is InChI=1S/C24H23Cl2N5O2/c1-13(2)20-16-7-6-15(10-14(16)8-9-27-20)29-24-28-11-17-22(30-24)33-12-31(23(17)32)21-18(25)4-3-5-19(21)26/h3-7,10-11,13,20,27H,8-9,12H2,1-2H3,(H,28,29,30). The molecule has 7 nitrogen and oxygen atoms in total. The molecule has 2 aliphatic rings. The quantitative estimate of drug-likeness (QED) is 0.519. The van der Waals surface area contributed by atoms with Gasteiger partial charge in [-0.15, -0.1) is 0 Å². The highest BCUT2D eigenvalue weighted by atomic mass is 35.5. The molecule has 1 unspecified atom stereocenters. The van der Waals surface area contributed by atoms with E-state index in [1.54, 1.807) is 18.2 Å². The van der Waals surface area contributed by atoms with E-state index >= 15 is 0 Å². The molecule has 0 saturated heterocycles. The molecule has 0 radical (unpaired) electrons. The van der Waals surface area contributed by atoms with Crippen molar-refractivity contribution in [3.8, 4) is 5.88 Å². The van der Waals surface area contributed by atoms with Crippen molar-refractivity contribution in [2.45, 2.75) is 26.3 Å². The summed E-state index contributed by atoms with van der Waals surface area (Å²) in [6.45, 7) is 5.36. The molecule has 2 aliphatic heterocycles. The highest BCUT2D eigenvalue weighted by molar-refractivity contribution is 6.40. The zero-order valence-electron chi connectivity index (χ0n) is 18.2. The number of para-hydroxylation sites is 1. The van der Waals surface area contributed by atoms with Gasteiger partial charge in [0.15, 0.2) is 6.73 Å². The first-order valence-electron chi connectivity index (χ1n) is 10.8. The van der Waals surface area contributed by atoms with Crippen LogP contribution in [0.3, 0.4) is 0 Å². The van der Waals surface area contributed by atoms with Crippen molar-refractivity contribution in [1.29, 1.82) is 0 Å². The molecule has 5 rings (SSSR count). The number of halogens is 2. The van der Waals surface area contributed by atoms with Crippen molar-refractivity contribution >= 4 is 46.4 Å². The SMILES string of the molecule is CC(C)C1NCCc2cc(Nc3ncc4c(n3)OCN(c3c(Cl)cccc3Cl)C4=O)ccc21. The van der Waals surface area contributed by atoms with Gasteiger partial charge in [0.05, 0.1) is 15.7 Å². The number of fused-ring (bicyclic) bond motifs is 2. The topological polar surface area (TPSA) is 79.4 Å². The minimum Gasteiger partial charge on any atom is -0.455 e. The molecule has 3 aromatic rings. The lowest BCUT2D eigenvalue weighted by molar-refractivity contribution is 0.0932. The van der Waals surface area contributed by atoms with E-state index in [0.29, 0.717) is 33.6 Å². The molecule has 170 valence electrons. The fourth-order valence-corrected chi connectivity index (χ4v) is 4.93. The van der Waals surface area contributed by atoms with Crippen molar-refractivity contribution in [2.75, 3.05) is 23.5 Å². The number of ether oxygens (including phenoxy) is 1. The van der Waals surface area contributed by atoms with Crippen LogP contribution < -0.4 is 20.3 Å². The Morgan fingerprint density at radius 2 is 2.00 bits per heavy atom. The van der Waals surface area contributed by atoms with E-state index in [2.05, 4.69) is 46.6 Å². The van der Waals surface area contributed by atoms with Gasteiger partial charge >= 0.3 is 0 Å². The first-order chi connectivity index (χ1) is 15.9. The van der Waals surface area contributed by atoms with E-state index in [9.17, 15) is 4.79 Å². The molecule has 2 aromatic carbocycles. The van der Waals surface area contributed by atoms with Crippen LogP contribution in [0.25, 0.3) is 0 Å². The van der Waals surface area contributed by atoms with Crippen LogP contribution in [0, 0.1) is 5.92 Å². The van der Waals surface area contributed by atoms with Crippen LogP contribution in [0.2, 0.25) is 10.0 Å². The molecule has 0 aliphatic carbocycles. The van der Waals surface area contributed by atoms with Crippen LogP contribution in [0.15, 0.2) is 42.6 Å². The number of benzene rings is 2. The zero-order valence-corrected chi connectivity index (χ0v) is 19.7. The van der Waals surface area contributed by atoms with Crippen molar-refractivity contribution in [1.82, 2.24) is 15.3 Å². The van der Waals surface area contributed by atoms with Gasteiger partial charge in [0.25, 0.3) is 5.91 Å². The Labute approximate surface area is 202 Å². The predicted molar refractivity (Wildman–Crippen MR) is 130 cm³/mol. The van der Waals surface area contributed by atoms with Crippen LogP contribution in [-0.4, -0.2) is 29.2 Å². The van der Waals surface area contributed by atoms with Gasteiger partial charge in [-0.1, -0.05) is 49.2 Å². The van der Waals surface area contributed by atoms with Gasteiger partial charge in [0, 0.05) is 17.9 Å². The molecule has 1 amide bonds. The van der Waals surface area contributed by atoms with Gasteiger partial charge in [-0.05, 0) is 54.3 Å². The fraction of sp³-hybridized carbons (Fsp3) is 0.292. The largest absolute Gasteiger partial charge is 0.455 e. The maximum absolute atomic E-state index is 13.1. The summed E-state index contributed by atoms with van der Waals surface area (Å²) in [6.07, 6.45) is 2.43. The summed E-state index contributed by atoms with van der Waals surface area (Å²) in [4.78, 5) is 23.2. The van der Waals surface area contributed by atoms with Crippen LogP contribution in [0.1, 0.15) is 41.4 Å². The van der Waals surface area contributed by atoms with Crippen molar-refractivity contribution in [3.63, 3.8) is 0 Å². The van der Waals surface area contributed by atoms with Crippen LogP contribution >= 0.6 is 23.2 Å². The Morgan fingerprint density at radius 3 is 2.76 bits per heavy atom. The third-order valence-corrected chi connectivity index (χ3v) is 6.54. The van der Waals surface area contributed by atoms with Gasteiger partial charge in [-0.25, -0.2) is 4.98 Å². The minimum absolute atomic E-state index is 0.0474. The zero-order chi connectivity index (χ0) is 23.1. The van der Waals surface area contributed by atoms with E-state index in [1.807, 2.05) is 6.07 Å². The summed E-state index contributed by atoms with van der Waals surface area (Å²) >= 11 is 12.5. The molecule has 33 heavy (non-hydrogen) atoms. The lowest BCUT2D eigenvalue weighted by Gasteiger charge is -2.30. The Bertz CT molecular complexity index is 1210. The van der Waals surface area contributed by atoms with Crippen molar-refractivity contribution < 1.29 is 9.53 Å². The molecule has 2 N–H and O–H groups in total. The maximum Gasteiger partial charge on any atom is 0.268 e. The summed E-state index contributed by atoms with van der Waals surface area (Å²) in [5.74, 6) is 0.777. The molecule has 0 fully saturated rings. The third-order valence-electron chi connectivity index (χ3n) is 5.93. The van der Waals surface area contributed by atoms with E-state index in [1.165, 1.54) is 22.2 Å². The van der Waals surface area contributed by atoms with Gasteiger partial charge < -0.3 is 15.4 Å². The second kappa shape index (κ2) is 8.82. The minimum atomic E-state index is -0.321. The summed E-state index contributed by atoms with van der Waals surface area (Å²) in [5.41, 5.74) is 4.19. The highest BCUT2D eigenvalue weighted by Crippen LogP contribution is 2.37. The van der Waals surface area contributed by atoms with Crippen molar-refractivity contribution in [2.24, 2.45) is 5.92 Å². The number of aromatic nitrogens is 2. The highest BCUT2D eigenvalue weighted by Gasteiger charge is 2.31. The van der Waals surface area contributed by atoms with Gasteiger partial charge in [-0.3, -0.25) is 9.69 Å².